The first-order valence-corrected chi connectivity index (χ1v) is 9.89. The molecule has 1 nitrogen and oxygen atoms in total. The molecular formula is C23H11F7OS. The van der Waals surface area contributed by atoms with Gasteiger partial charge in [-0.15, -0.1) is 11.3 Å². The van der Waals surface area contributed by atoms with Crippen LogP contribution in [0.25, 0.3) is 21.6 Å². The van der Waals surface area contributed by atoms with E-state index in [2.05, 4.69) is 4.74 Å². The molecule has 0 unspecified atom stereocenters. The number of hydrogen-bond donors (Lipinski definition) is 0. The SMILES string of the molecule is Fc1cc(OC(F)(F)c2c(F)cc(-c3ccc(-c4cccs4)cc3)cc2F)cc(F)c1F. The molecule has 0 fully saturated rings. The van der Waals surface area contributed by atoms with Crippen LogP contribution in [0.4, 0.5) is 30.7 Å². The van der Waals surface area contributed by atoms with E-state index in [9.17, 15) is 30.7 Å². The third-order valence-electron chi connectivity index (χ3n) is 4.56. The molecule has 0 spiro atoms. The topological polar surface area (TPSA) is 9.23 Å². The van der Waals surface area contributed by atoms with Crippen molar-refractivity contribution in [1.82, 2.24) is 0 Å². The zero-order valence-electron chi connectivity index (χ0n) is 15.8. The minimum atomic E-state index is -4.63. The predicted molar refractivity (Wildman–Crippen MR) is 106 cm³/mol. The number of benzene rings is 3. The molecule has 4 aromatic rings. The molecule has 0 atom stereocenters. The predicted octanol–water partition coefficient (Wildman–Crippen LogP) is 7.91. The molecule has 0 N–H and O–H groups in total. The monoisotopic (exact) mass is 468 g/mol. The molecule has 1 heterocycles. The van der Waals surface area contributed by atoms with Gasteiger partial charge in [-0.3, -0.25) is 0 Å². The summed E-state index contributed by atoms with van der Waals surface area (Å²) >= 11 is 1.51. The number of alkyl halides is 2. The first-order chi connectivity index (χ1) is 15.2. The van der Waals surface area contributed by atoms with Gasteiger partial charge in [0.2, 0.25) is 0 Å². The molecule has 0 aliphatic heterocycles. The lowest BCUT2D eigenvalue weighted by molar-refractivity contribution is -0.189. The van der Waals surface area contributed by atoms with Crippen LogP contribution in [0.5, 0.6) is 5.75 Å². The van der Waals surface area contributed by atoms with Crippen molar-refractivity contribution in [2.24, 2.45) is 0 Å². The van der Waals surface area contributed by atoms with Gasteiger partial charge in [0.05, 0.1) is 0 Å². The summed E-state index contributed by atoms with van der Waals surface area (Å²) in [5.41, 5.74) is -0.501. The van der Waals surface area contributed by atoms with Gasteiger partial charge in [-0.2, -0.15) is 8.78 Å². The molecule has 1 aromatic heterocycles. The average Bonchev–Trinajstić information content (AvgIpc) is 3.26. The third-order valence-corrected chi connectivity index (χ3v) is 5.48. The van der Waals surface area contributed by atoms with E-state index in [0.29, 0.717) is 17.7 Å². The normalized spacial score (nSPS) is 11.6. The summed E-state index contributed by atoms with van der Waals surface area (Å²) in [5, 5.41) is 1.89. The molecular weight excluding hydrogens is 457 g/mol. The number of rotatable bonds is 5. The van der Waals surface area contributed by atoms with Gasteiger partial charge < -0.3 is 4.74 Å². The third kappa shape index (κ3) is 4.20. The number of thiophene rings is 1. The Hall–Kier alpha value is -3.33. The Morgan fingerprint density at radius 3 is 1.75 bits per heavy atom. The highest BCUT2D eigenvalue weighted by Crippen LogP contribution is 2.38. The maximum absolute atomic E-state index is 14.5. The fourth-order valence-electron chi connectivity index (χ4n) is 3.08. The Labute approximate surface area is 181 Å². The van der Waals surface area contributed by atoms with Crippen molar-refractivity contribution in [1.29, 1.82) is 0 Å². The zero-order chi connectivity index (χ0) is 23.0. The van der Waals surface area contributed by atoms with E-state index in [4.69, 9.17) is 0 Å². The highest BCUT2D eigenvalue weighted by Gasteiger charge is 2.41. The molecule has 0 saturated heterocycles. The Bertz CT molecular complexity index is 1220. The summed E-state index contributed by atoms with van der Waals surface area (Å²) in [7, 11) is 0. The highest BCUT2D eigenvalue weighted by atomic mass is 32.1. The van der Waals surface area contributed by atoms with Gasteiger partial charge in [0, 0.05) is 17.0 Å². The first kappa shape index (κ1) is 21.9. The van der Waals surface area contributed by atoms with Gasteiger partial charge in [0.15, 0.2) is 17.5 Å². The summed E-state index contributed by atoms with van der Waals surface area (Å²) in [4.78, 5) is 0.981. The Morgan fingerprint density at radius 2 is 1.22 bits per heavy atom. The second-order valence-electron chi connectivity index (χ2n) is 6.69. The van der Waals surface area contributed by atoms with Crippen LogP contribution in [0, 0.1) is 29.1 Å². The van der Waals surface area contributed by atoms with Crippen LogP contribution in [-0.2, 0) is 6.11 Å². The van der Waals surface area contributed by atoms with Crippen LogP contribution >= 0.6 is 11.3 Å². The van der Waals surface area contributed by atoms with E-state index in [-0.39, 0.29) is 17.7 Å². The van der Waals surface area contributed by atoms with Gasteiger partial charge >= 0.3 is 6.11 Å². The van der Waals surface area contributed by atoms with Crippen molar-refractivity contribution in [3.8, 4) is 27.3 Å². The summed E-state index contributed by atoms with van der Waals surface area (Å²) in [5.74, 6) is -9.88. The van der Waals surface area contributed by atoms with Crippen molar-refractivity contribution >= 4 is 11.3 Å². The second kappa shape index (κ2) is 8.31. The quantitative estimate of drug-likeness (QED) is 0.214. The summed E-state index contributed by atoms with van der Waals surface area (Å²) in [6.45, 7) is 0. The maximum Gasteiger partial charge on any atom is 0.432 e. The molecule has 0 aliphatic rings. The Kier molecular flexibility index (Phi) is 5.68. The summed E-state index contributed by atoms with van der Waals surface area (Å²) in [6, 6.07) is 12.1. The smallest absolute Gasteiger partial charge is 0.429 e. The first-order valence-electron chi connectivity index (χ1n) is 9.01. The molecule has 0 bridgehead atoms. The van der Waals surface area contributed by atoms with E-state index in [0.717, 1.165) is 10.4 Å². The maximum atomic E-state index is 14.5. The summed E-state index contributed by atoms with van der Waals surface area (Å²) in [6.07, 6.45) is -4.63. The van der Waals surface area contributed by atoms with Crippen molar-refractivity contribution < 1.29 is 35.5 Å². The Morgan fingerprint density at radius 1 is 0.656 bits per heavy atom. The van der Waals surface area contributed by atoms with Crippen LogP contribution in [0.1, 0.15) is 5.56 Å². The number of halogens is 7. The molecule has 0 aliphatic carbocycles. The fourth-order valence-corrected chi connectivity index (χ4v) is 3.81. The fraction of sp³-hybridized carbons (Fsp3) is 0.0435. The van der Waals surface area contributed by atoms with Crippen LogP contribution in [0.2, 0.25) is 0 Å². The molecule has 164 valence electrons. The molecule has 0 saturated carbocycles. The van der Waals surface area contributed by atoms with Gasteiger partial charge in [-0.05, 0) is 40.3 Å². The molecule has 9 heteroatoms. The molecule has 0 amide bonds. The van der Waals surface area contributed by atoms with E-state index < -0.39 is 46.5 Å². The summed E-state index contributed by atoms with van der Waals surface area (Å²) < 4.78 is 101. The molecule has 0 radical (unpaired) electrons. The van der Waals surface area contributed by atoms with E-state index in [1.54, 1.807) is 24.3 Å². The lowest BCUT2D eigenvalue weighted by atomic mass is 10.0. The largest absolute Gasteiger partial charge is 0.432 e. The zero-order valence-corrected chi connectivity index (χ0v) is 16.6. The van der Waals surface area contributed by atoms with Crippen molar-refractivity contribution in [3.05, 3.63) is 101 Å². The Balaban J connectivity index is 1.65. The van der Waals surface area contributed by atoms with E-state index in [1.807, 2.05) is 17.5 Å². The van der Waals surface area contributed by atoms with Crippen LogP contribution in [0.15, 0.2) is 66.0 Å². The van der Waals surface area contributed by atoms with Crippen molar-refractivity contribution in [3.63, 3.8) is 0 Å². The van der Waals surface area contributed by atoms with Gasteiger partial charge in [0.1, 0.15) is 22.9 Å². The van der Waals surface area contributed by atoms with E-state index >= 15 is 0 Å². The lowest BCUT2D eigenvalue weighted by Crippen LogP contribution is -2.25. The standard InChI is InChI=1S/C23H11F7OS/c24-16-8-14(12-3-5-13(6-4-12)20-2-1-7-32-20)9-17(25)21(16)23(29,30)31-15-10-18(26)22(28)19(27)11-15/h1-11H. The van der Waals surface area contributed by atoms with Crippen LogP contribution in [0.3, 0.4) is 0 Å². The minimum Gasteiger partial charge on any atom is -0.429 e. The highest BCUT2D eigenvalue weighted by molar-refractivity contribution is 7.13. The minimum absolute atomic E-state index is 0.00356. The lowest BCUT2D eigenvalue weighted by Gasteiger charge is -2.20. The van der Waals surface area contributed by atoms with E-state index in [1.165, 1.54) is 11.3 Å². The molecule has 3 aromatic carbocycles. The average molecular weight is 468 g/mol. The van der Waals surface area contributed by atoms with Crippen molar-refractivity contribution in [2.45, 2.75) is 6.11 Å². The van der Waals surface area contributed by atoms with Gasteiger partial charge in [-0.1, -0.05) is 30.3 Å². The molecule has 4 rings (SSSR count). The molecule has 32 heavy (non-hydrogen) atoms. The van der Waals surface area contributed by atoms with Gasteiger partial charge in [-0.25, -0.2) is 22.0 Å². The van der Waals surface area contributed by atoms with Crippen molar-refractivity contribution in [2.75, 3.05) is 0 Å². The number of hydrogen-bond acceptors (Lipinski definition) is 2. The van der Waals surface area contributed by atoms with Crippen LogP contribution in [-0.4, -0.2) is 0 Å². The number of ether oxygens (including phenoxy) is 1. The van der Waals surface area contributed by atoms with Crippen LogP contribution < -0.4 is 4.74 Å². The van der Waals surface area contributed by atoms with Gasteiger partial charge in [0.25, 0.3) is 0 Å². The second-order valence-corrected chi connectivity index (χ2v) is 7.64.